The Morgan fingerprint density at radius 2 is 1.82 bits per heavy atom. The zero-order valence-electron chi connectivity index (χ0n) is 11.2. The zero-order chi connectivity index (χ0) is 12.5. The summed E-state index contributed by atoms with van der Waals surface area (Å²) < 4.78 is 0. The Bertz CT molecular complexity index is 389. The molecule has 0 atom stereocenters. The van der Waals surface area contributed by atoms with Crippen LogP contribution in [0.2, 0.25) is 18.1 Å². The largest absolute Gasteiger partial charge is 0.506 e. The van der Waals surface area contributed by atoms with E-state index in [1.54, 1.807) is 6.20 Å². The molecule has 0 aromatic carbocycles. The molecule has 3 heteroatoms. The molecule has 0 radical (unpaired) electrons. The van der Waals surface area contributed by atoms with Crippen LogP contribution in [0.5, 0.6) is 5.75 Å². The molecule has 0 bridgehead atoms. The third-order valence-electron chi connectivity index (χ3n) is 4.50. The van der Waals surface area contributed by atoms with Gasteiger partial charge in [-0.25, -0.2) is 0 Å². The quantitative estimate of drug-likeness (QED) is 0.812. The van der Waals surface area contributed by atoms with Crippen LogP contribution in [0.4, 0.5) is 0 Å². The van der Waals surface area contributed by atoms with Gasteiger partial charge in [-0.05, 0) is 24.1 Å². The molecule has 17 heavy (non-hydrogen) atoms. The van der Waals surface area contributed by atoms with Gasteiger partial charge in [0, 0.05) is 11.6 Å². The van der Waals surface area contributed by atoms with Gasteiger partial charge in [0.05, 0.1) is 14.3 Å². The summed E-state index contributed by atoms with van der Waals surface area (Å²) in [5.41, 5.74) is 1.21. The number of rotatable bonds is 5. The third kappa shape index (κ3) is 2.25. The van der Waals surface area contributed by atoms with Crippen LogP contribution in [0.1, 0.15) is 45.2 Å². The second kappa shape index (κ2) is 4.81. The smallest absolute Gasteiger partial charge is 0.133 e. The van der Waals surface area contributed by atoms with Gasteiger partial charge < -0.3 is 5.11 Å². The fraction of sp³-hybridized carbons (Fsp3) is 0.643. The van der Waals surface area contributed by atoms with Crippen LogP contribution in [0.3, 0.4) is 0 Å². The Balaban J connectivity index is 2.43. The van der Waals surface area contributed by atoms with E-state index in [0.29, 0.717) is 11.7 Å². The maximum atomic E-state index is 10.1. The van der Waals surface area contributed by atoms with E-state index in [1.165, 1.54) is 41.9 Å². The summed E-state index contributed by atoms with van der Waals surface area (Å²) in [5, 5.41) is 11.4. The van der Waals surface area contributed by atoms with Crippen LogP contribution in [-0.2, 0) is 0 Å². The second-order valence-electron chi connectivity index (χ2n) is 5.24. The summed E-state index contributed by atoms with van der Waals surface area (Å²) in [6.07, 6.45) is 4.23. The summed E-state index contributed by atoms with van der Waals surface area (Å²) >= 11 is 0. The summed E-state index contributed by atoms with van der Waals surface area (Å²) in [4.78, 5) is 4.39. The van der Waals surface area contributed by atoms with Crippen molar-refractivity contribution in [1.29, 1.82) is 0 Å². The van der Waals surface area contributed by atoms with E-state index in [1.807, 2.05) is 0 Å². The molecule has 0 amide bonds. The standard InChI is InChI=1S/C14H23NOSi/c1-4-17(5-2,6-3)14-9-12(11-7-8-11)15-10-13(14)16/h9-11,16H,4-8H2,1-3H3. The van der Waals surface area contributed by atoms with E-state index in [4.69, 9.17) is 0 Å². The maximum Gasteiger partial charge on any atom is 0.133 e. The number of hydrogen-bond acceptors (Lipinski definition) is 2. The number of pyridine rings is 1. The molecule has 2 rings (SSSR count). The van der Waals surface area contributed by atoms with E-state index in [-0.39, 0.29) is 0 Å². The van der Waals surface area contributed by atoms with Crippen molar-refractivity contribution in [2.45, 2.75) is 57.7 Å². The van der Waals surface area contributed by atoms with Crippen molar-refractivity contribution in [3.05, 3.63) is 18.0 Å². The highest BCUT2D eigenvalue weighted by atomic mass is 28.3. The lowest BCUT2D eigenvalue weighted by Crippen LogP contribution is -2.46. The molecule has 1 aliphatic carbocycles. The molecule has 0 aliphatic heterocycles. The van der Waals surface area contributed by atoms with E-state index >= 15 is 0 Å². The minimum atomic E-state index is -1.48. The fourth-order valence-corrected chi connectivity index (χ4v) is 6.52. The Kier molecular flexibility index (Phi) is 3.57. The van der Waals surface area contributed by atoms with Gasteiger partial charge in [-0.2, -0.15) is 0 Å². The van der Waals surface area contributed by atoms with Crippen LogP contribution in [0, 0.1) is 0 Å². The fourth-order valence-electron chi connectivity index (χ4n) is 2.81. The second-order valence-corrected chi connectivity index (χ2v) is 10.5. The van der Waals surface area contributed by atoms with Crippen LogP contribution in [0.25, 0.3) is 0 Å². The average Bonchev–Trinajstić information content (AvgIpc) is 3.18. The van der Waals surface area contributed by atoms with Crippen LogP contribution in [0.15, 0.2) is 12.3 Å². The monoisotopic (exact) mass is 249 g/mol. The van der Waals surface area contributed by atoms with E-state index in [0.717, 1.165) is 0 Å². The van der Waals surface area contributed by atoms with Gasteiger partial charge >= 0.3 is 0 Å². The van der Waals surface area contributed by atoms with Gasteiger partial charge in [-0.3, -0.25) is 4.98 Å². The molecule has 1 aromatic heterocycles. The molecular formula is C14H23NOSi. The predicted molar refractivity (Wildman–Crippen MR) is 74.7 cm³/mol. The minimum absolute atomic E-state index is 0.437. The molecular weight excluding hydrogens is 226 g/mol. The van der Waals surface area contributed by atoms with Crippen molar-refractivity contribution in [2.24, 2.45) is 0 Å². The maximum absolute atomic E-state index is 10.1. The first-order valence-corrected chi connectivity index (χ1v) is 9.48. The molecule has 0 saturated heterocycles. The number of aromatic hydroxyl groups is 1. The third-order valence-corrected chi connectivity index (χ3v) is 10.1. The van der Waals surface area contributed by atoms with Crippen molar-refractivity contribution >= 4 is 13.3 Å². The Morgan fingerprint density at radius 1 is 1.24 bits per heavy atom. The average molecular weight is 249 g/mol. The van der Waals surface area contributed by atoms with E-state index < -0.39 is 8.07 Å². The summed E-state index contributed by atoms with van der Waals surface area (Å²) in [5.74, 6) is 1.11. The van der Waals surface area contributed by atoms with Gasteiger partial charge in [0.25, 0.3) is 0 Å². The molecule has 1 heterocycles. The van der Waals surface area contributed by atoms with Crippen LogP contribution in [-0.4, -0.2) is 18.2 Å². The van der Waals surface area contributed by atoms with Crippen molar-refractivity contribution in [2.75, 3.05) is 0 Å². The van der Waals surface area contributed by atoms with Crippen molar-refractivity contribution < 1.29 is 5.11 Å². The number of aromatic nitrogens is 1. The summed E-state index contributed by atoms with van der Waals surface area (Å²) in [6, 6.07) is 5.85. The predicted octanol–water partition coefficient (Wildman–Crippen LogP) is 3.38. The molecule has 1 aliphatic rings. The first-order chi connectivity index (χ1) is 8.16. The molecule has 1 N–H and O–H groups in total. The minimum Gasteiger partial charge on any atom is -0.506 e. The molecule has 94 valence electrons. The number of hydrogen-bond donors (Lipinski definition) is 1. The molecule has 1 saturated carbocycles. The lowest BCUT2D eigenvalue weighted by Gasteiger charge is -2.29. The van der Waals surface area contributed by atoms with Crippen molar-refractivity contribution in [3.8, 4) is 5.75 Å². The Labute approximate surface area is 105 Å². The summed E-state index contributed by atoms with van der Waals surface area (Å²) in [7, 11) is -1.48. The molecule has 0 spiro atoms. The molecule has 1 aromatic rings. The van der Waals surface area contributed by atoms with Gasteiger partial charge in [-0.15, -0.1) is 0 Å². The van der Waals surface area contributed by atoms with Crippen LogP contribution >= 0.6 is 0 Å². The molecule has 1 fully saturated rings. The van der Waals surface area contributed by atoms with Crippen LogP contribution < -0.4 is 5.19 Å². The molecule has 0 unspecified atom stereocenters. The van der Waals surface area contributed by atoms with Crippen molar-refractivity contribution in [3.63, 3.8) is 0 Å². The summed E-state index contributed by atoms with van der Waals surface area (Å²) in [6.45, 7) is 6.82. The van der Waals surface area contributed by atoms with Gasteiger partial charge in [0.15, 0.2) is 0 Å². The first kappa shape index (κ1) is 12.6. The topological polar surface area (TPSA) is 33.1 Å². The molecule has 2 nitrogen and oxygen atoms in total. The normalized spacial score (nSPS) is 16.2. The number of nitrogens with zero attached hydrogens (tertiary/aromatic N) is 1. The van der Waals surface area contributed by atoms with Gasteiger partial charge in [0.2, 0.25) is 0 Å². The highest BCUT2D eigenvalue weighted by molar-refractivity contribution is 6.92. The Morgan fingerprint density at radius 3 is 2.29 bits per heavy atom. The zero-order valence-corrected chi connectivity index (χ0v) is 12.2. The van der Waals surface area contributed by atoms with Gasteiger partial charge in [-0.1, -0.05) is 38.9 Å². The highest BCUT2D eigenvalue weighted by Gasteiger charge is 2.34. The van der Waals surface area contributed by atoms with E-state index in [9.17, 15) is 5.11 Å². The lowest BCUT2D eigenvalue weighted by molar-refractivity contribution is 0.476. The van der Waals surface area contributed by atoms with E-state index in [2.05, 4.69) is 31.8 Å². The lowest BCUT2D eigenvalue weighted by atomic mass is 10.2. The first-order valence-electron chi connectivity index (χ1n) is 6.86. The highest BCUT2D eigenvalue weighted by Crippen LogP contribution is 2.39. The Hall–Kier alpha value is -0.833. The SMILES string of the molecule is CC[Si](CC)(CC)c1cc(C2CC2)ncc1O. The van der Waals surface area contributed by atoms with Gasteiger partial charge in [0.1, 0.15) is 5.75 Å². The van der Waals surface area contributed by atoms with Crippen molar-refractivity contribution in [1.82, 2.24) is 4.98 Å².